The van der Waals surface area contributed by atoms with E-state index in [2.05, 4.69) is 18.9 Å². The van der Waals surface area contributed by atoms with Gasteiger partial charge in [-0.3, -0.25) is 4.68 Å². The average molecular weight is 292 g/mol. The molecule has 1 aromatic heterocycles. The van der Waals surface area contributed by atoms with Crippen molar-refractivity contribution in [2.24, 2.45) is 0 Å². The Morgan fingerprint density at radius 3 is 2.90 bits per heavy atom. The molecule has 1 atom stereocenters. The predicted molar refractivity (Wildman–Crippen MR) is 74.9 cm³/mol. The van der Waals surface area contributed by atoms with Gasteiger partial charge < -0.3 is 9.84 Å². The predicted octanol–water partition coefficient (Wildman–Crippen LogP) is 3.27. The molecule has 0 fully saturated rings. The zero-order valence-electron chi connectivity index (χ0n) is 11.9. The number of rotatable bonds is 6. The van der Waals surface area contributed by atoms with E-state index >= 15 is 0 Å². The fourth-order valence-corrected chi connectivity index (χ4v) is 1.83. The lowest BCUT2D eigenvalue weighted by Gasteiger charge is -2.09. The number of aromatic nitrogens is 2. The van der Waals surface area contributed by atoms with Crippen molar-refractivity contribution < 1.29 is 19.0 Å². The molecule has 0 radical (unpaired) electrons. The summed E-state index contributed by atoms with van der Waals surface area (Å²) in [6.45, 7) is 4.26. The van der Waals surface area contributed by atoms with Crippen LogP contribution in [0.25, 0.3) is 0 Å². The molecule has 112 valence electrons. The van der Waals surface area contributed by atoms with Gasteiger partial charge in [0, 0.05) is 12.2 Å². The number of halogens is 1. The number of carboxylic acids is 1. The lowest BCUT2D eigenvalue weighted by Crippen LogP contribution is -2.07. The third kappa shape index (κ3) is 3.59. The number of aromatic carboxylic acids is 1. The van der Waals surface area contributed by atoms with E-state index < -0.39 is 11.8 Å². The molecule has 5 nitrogen and oxygen atoms in total. The van der Waals surface area contributed by atoms with Crippen LogP contribution < -0.4 is 4.74 Å². The van der Waals surface area contributed by atoms with Crippen molar-refractivity contribution in [3.63, 3.8) is 0 Å². The van der Waals surface area contributed by atoms with Crippen LogP contribution >= 0.6 is 0 Å². The molecule has 0 aliphatic rings. The van der Waals surface area contributed by atoms with Crippen LogP contribution in [0.15, 0.2) is 30.5 Å². The van der Waals surface area contributed by atoms with Gasteiger partial charge in [0.15, 0.2) is 0 Å². The standard InChI is InChI=1S/C15H17FN2O3/c1-3-10(2)18-7-6-12(17-18)9-21-14-5-4-11(16)8-13(14)15(19)20/h4-8,10H,3,9H2,1-2H3,(H,19,20). The molecule has 1 N–H and O–H groups in total. The van der Waals surface area contributed by atoms with E-state index in [0.717, 1.165) is 12.5 Å². The maximum atomic E-state index is 13.1. The summed E-state index contributed by atoms with van der Waals surface area (Å²) in [6, 6.07) is 5.52. The second-order valence-corrected chi connectivity index (χ2v) is 4.78. The first-order valence-electron chi connectivity index (χ1n) is 6.71. The molecule has 0 amide bonds. The number of benzene rings is 1. The first kappa shape index (κ1) is 15.0. The molecule has 1 unspecified atom stereocenters. The van der Waals surface area contributed by atoms with E-state index in [1.807, 2.05) is 16.9 Å². The summed E-state index contributed by atoms with van der Waals surface area (Å²) in [4.78, 5) is 11.1. The average Bonchev–Trinajstić information content (AvgIpc) is 2.93. The molecule has 1 heterocycles. The minimum absolute atomic E-state index is 0.127. The summed E-state index contributed by atoms with van der Waals surface area (Å²) in [6.07, 6.45) is 2.82. The molecular weight excluding hydrogens is 275 g/mol. The lowest BCUT2D eigenvalue weighted by molar-refractivity contribution is 0.0691. The highest BCUT2D eigenvalue weighted by Crippen LogP contribution is 2.21. The van der Waals surface area contributed by atoms with Crippen LogP contribution in [-0.2, 0) is 6.61 Å². The van der Waals surface area contributed by atoms with Gasteiger partial charge in [0.1, 0.15) is 23.7 Å². The smallest absolute Gasteiger partial charge is 0.339 e. The highest BCUT2D eigenvalue weighted by molar-refractivity contribution is 5.90. The van der Waals surface area contributed by atoms with E-state index in [4.69, 9.17) is 9.84 Å². The summed E-state index contributed by atoms with van der Waals surface area (Å²) in [5.41, 5.74) is 0.493. The zero-order chi connectivity index (χ0) is 15.4. The minimum atomic E-state index is -1.23. The Labute approximate surface area is 122 Å². The molecule has 2 aromatic rings. The maximum Gasteiger partial charge on any atom is 0.339 e. The number of carbonyl (C=O) groups is 1. The van der Waals surface area contributed by atoms with Crippen molar-refractivity contribution in [1.82, 2.24) is 9.78 Å². The molecule has 0 saturated carbocycles. The van der Waals surface area contributed by atoms with Gasteiger partial charge in [-0.1, -0.05) is 6.92 Å². The number of ether oxygens (including phenoxy) is 1. The second-order valence-electron chi connectivity index (χ2n) is 4.78. The number of nitrogens with zero attached hydrogens (tertiary/aromatic N) is 2. The van der Waals surface area contributed by atoms with Gasteiger partial charge in [-0.2, -0.15) is 5.10 Å². The largest absolute Gasteiger partial charge is 0.486 e. The van der Waals surface area contributed by atoms with Crippen molar-refractivity contribution >= 4 is 5.97 Å². The van der Waals surface area contributed by atoms with Crippen LogP contribution in [0.4, 0.5) is 4.39 Å². The van der Waals surface area contributed by atoms with Gasteiger partial charge in [-0.15, -0.1) is 0 Å². The number of carboxylic acid groups (broad SMARTS) is 1. The number of hydrogen-bond acceptors (Lipinski definition) is 3. The first-order valence-corrected chi connectivity index (χ1v) is 6.71. The molecule has 0 spiro atoms. The molecular formula is C15H17FN2O3. The highest BCUT2D eigenvalue weighted by atomic mass is 19.1. The molecule has 0 aliphatic heterocycles. The van der Waals surface area contributed by atoms with E-state index in [0.29, 0.717) is 11.7 Å². The summed E-state index contributed by atoms with van der Waals surface area (Å²) in [5.74, 6) is -1.71. The monoisotopic (exact) mass is 292 g/mol. The third-order valence-electron chi connectivity index (χ3n) is 3.25. The van der Waals surface area contributed by atoms with Crippen LogP contribution in [0.3, 0.4) is 0 Å². The topological polar surface area (TPSA) is 64.3 Å². The van der Waals surface area contributed by atoms with Crippen molar-refractivity contribution in [1.29, 1.82) is 0 Å². The quantitative estimate of drug-likeness (QED) is 0.887. The van der Waals surface area contributed by atoms with Gasteiger partial charge in [0.25, 0.3) is 0 Å². The van der Waals surface area contributed by atoms with E-state index in [9.17, 15) is 9.18 Å². The molecule has 6 heteroatoms. The first-order chi connectivity index (χ1) is 10.0. The van der Waals surface area contributed by atoms with Crippen LogP contribution in [0.5, 0.6) is 5.75 Å². The summed E-state index contributed by atoms with van der Waals surface area (Å²) < 4.78 is 20.3. The number of hydrogen-bond donors (Lipinski definition) is 1. The van der Waals surface area contributed by atoms with Crippen LogP contribution in [0.2, 0.25) is 0 Å². The van der Waals surface area contributed by atoms with Crippen LogP contribution in [0.1, 0.15) is 42.4 Å². The summed E-state index contributed by atoms with van der Waals surface area (Å²) >= 11 is 0. The van der Waals surface area contributed by atoms with Gasteiger partial charge in [-0.25, -0.2) is 9.18 Å². The Bertz CT molecular complexity index is 640. The van der Waals surface area contributed by atoms with Crippen molar-refractivity contribution in [3.8, 4) is 5.75 Å². The Balaban J connectivity index is 2.09. The Hall–Kier alpha value is -2.37. The van der Waals surface area contributed by atoms with Gasteiger partial charge in [0.05, 0.1) is 5.69 Å². The van der Waals surface area contributed by atoms with E-state index in [1.165, 1.54) is 12.1 Å². The molecule has 1 aromatic carbocycles. The van der Waals surface area contributed by atoms with Crippen molar-refractivity contribution in [3.05, 3.63) is 47.5 Å². The minimum Gasteiger partial charge on any atom is -0.486 e. The maximum absolute atomic E-state index is 13.1. The van der Waals surface area contributed by atoms with Crippen molar-refractivity contribution in [2.45, 2.75) is 32.9 Å². The SMILES string of the molecule is CCC(C)n1ccc(COc2ccc(F)cc2C(=O)O)n1. The normalized spacial score (nSPS) is 12.1. The van der Waals surface area contributed by atoms with Crippen LogP contribution in [0, 0.1) is 5.82 Å². The van der Waals surface area contributed by atoms with E-state index in [1.54, 1.807) is 0 Å². The molecule has 0 saturated heterocycles. The lowest BCUT2D eigenvalue weighted by atomic mass is 10.2. The fraction of sp³-hybridized carbons (Fsp3) is 0.333. The zero-order valence-corrected chi connectivity index (χ0v) is 11.9. The van der Waals surface area contributed by atoms with Gasteiger partial charge in [0.2, 0.25) is 0 Å². The fourth-order valence-electron chi connectivity index (χ4n) is 1.83. The summed E-state index contributed by atoms with van der Waals surface area (Å²) in [7, 11) is 0. The van der Waals surface area contributed by atoms with Crippen LogP contribution in [-0.4, -0.2) is 20.9 Å². The Morgan fingerprint density at radius 2 is 2.24 bits per heavy atom. The van der Waals surface area contributed by atoms with E-state index in [-0.39, 0.29) is 17.9 Å². The molecule has 0 bridgehead atoms. The second kappa shape index (κ2) is 6.39. The van der Waals surface area contributed by atoms with Crippen molar-refractivity contribution in [2.75, 3.05) is 0 Å². The highest BCUT2D eigenvalue weighted by Gasteiger charge is 2.13. The molecule has 21 heavy (non-hydrogen) atoms. The molecule has 2 rings (SSSR count). The summed E-state index contributed by atoms with van der Waals surface area (Å²) in [5, 5.41) is 13.4. The van der Waals surface area contributed by atoms with Gasteiger partial charge >= 0.3 is 5.97 Å². The third-order valence-corrected chi connectivity index (χ3v) is 3.25. The molecule has 0 aliphatic carbocycles. The van der Waals surface area contributed by atoms with Gasteiger partial charge in [-0.05, 0) is 37.6 Å². The Morgan fingerprint density at radius 1 is 1.48 bits per heavy atom. The Kier molecular flexibility index (Phi) is 4.57.